The molecular weight excluding hydrogens is 318 g/mol. The molecule has 3 amide bonds. The second kappa shape index (κ2) is 7.70. The van der Waals surface area contributed by atoms with Gasteiger partial charge in [0.15, 0.2) is 0 Å². The van der Waals surface area contributed by atoms with Crippen molar-refractivity contribution >= 4 is 23.3 Å². The van der Waals surface area contributed by atoms with Gasteiger partial charge in [0.1, 0.15) is 12.4 Å². The Balaban J connectivity index is 1.44. The first kappa shape index (κ1) is 16.8. The Morgan fingerprint density at radius 3 is 2.76 bits per heavy atom. The minimum Gasteiger partial charge on any atom is -0.492 e. The lowest BCUT2D eigenvalue weighted by atomic mass is 10.0. The van der Waals surface area contributed by atoms with E-state index in [1.807, 2.05) is 43.3 Å². The molecule has 6 nitrogen and oxygen atoms in total. The molecule has 0 bridgehead atoms. The van der Waals surface area contributed by atoms with Gasteiger partial charge in [-0.05, 0) is 43.2 Å². The van der Waals surface area contributed by atoms with Crippen LogP contribution in [0.4, 0.5) is 16.2 Å². The summed E-state index contributed by atoms with van der Waals surface area (Å²) >= 11 is 0. The molecular formula is C19H21N3O3. The number of amides is 3. The summed E-state index contributed by atoms with van der Waals surface area (Å²) in [6.07, 6.45) is 1.23. The van der Waals surface area contributed by atoms with Crippen molar-refractivity contribution in [1.82, 2.24) is 5.32 Å². The fourth-order valence-corrected chi connectivity index (χ4v) is 2.59. The van der Waals surface area contributed by atoms with Crippen LogP contribution < -0.4 is 20.7 Å². The second-order valence-electron chi connectivity index (χ2n) is 5.96. The van der Waals surface area contributed by atoms with Crippen molar-refractivity contribution in [1.29, 1.82) is 0 Å². The molecule has 0 aliphatic carbocycles. The molecule has 1 heterocycles. The van der Waals surface area contributed by atoms with Crippen LogP contribution in [-0.2, 0) is 11.2 Å². The SMILES string of the molecule is Cc1ccc(OCCNC(=O)Nc2ccc3c(c2)NC(=O)CC3)cc1. The number of carbonyl (C=O) groups excluding carboxylic acids is 2. The predicted molar refractivity (Wildman–Crippen MR) is 97.1 cm³/mol. The lowest BCUT2D eigenvalue weighted by Gasteiger charge is -2.18. The molecule has 2 aromatic rings. The average molecular weight is 339 g/mol. The van der Waals surface area contributed by atoms with Crippen LogP contribution in [0.15, 0.2) is 42.5 Å². The molecule has 0 fully saturated rings. The number of fused-ring (bicyclic) bond motifs is 1. The van der Waals surface area contributed by atoms with E-state index in [2.05, 4.69) is 16.0 Å². The van der Waals surface area contributed by atoms with Gasteiger partial charge in [-0.2, -0.15) is 0 Å². The van der Waals surface area contributed by atoms with Crippen LogP contribution in [0, 0.1) is 6.92 Å². The van der Waals surface area contributed by atoms with Crippen LogP contribution in [0.3, 0.4) is 0 Å². The number of anilines is 2. The van der Waals surface area contributed by atoms with E-state index in [9.17, 15) is 9.59 Å². The maximum atomic E-state index is 11.9. The van der Waals surface area contributed by atoms with Crippen LogP contribution in [0.2, 0.25) is 0 Å². The zero-order chi connectivity index (χ0) is 17.6. The standard InChI is InChI=1S/C19H21N3O3/c1-13-2-7-16(8-3-13)25-11-10-20-19(24)21-15-6-4-14-5-9-18(23)22-17(14)12-15/h2-4,6-8,12H,5,9-11H2,1H3,(H,22,23)(H2,20,21,24). The van der Waals surface area contributed by atoms with Gasteiger partial charge < -0.3 is 20.7 Å². The zero-order valence-corrected chi connectivity index (χ0v) is 14.1. The number of hydrogen-bond acceptors (Lipinski definition) is 3. The monoisotopic (exact) mass is 339 g/mol. The summed E-state index contributed by atoms with van der Waals surface area (Å²) in [5.74, 6) is 0.778. The van der Waals surface area contributed by atoms with Gasteiger partial charge in [-0.25, -0.2) is 4.79 Å². The predicted octanol–water partition coefficient (Wildman–Crippen LogP) is 3.08. The van der Waals surface area contributed by atoms with Crippen molar-refractivity contribution in [2.24, 2.45) is 0 Å². The molecule has 3 rings (SSSR count). The van der Waals surface area contributed by atoms with Crippen molar-refractivity contribution in [2.45, 2.75) is 19.8 Å². The third kappa shape index (κ3) is 4.73. The highest BCUT2D eigenvalue weighted by molar-refractivity contribution is 5.96. The second-order valence-corrected chi connectivity index (χ2v) is 5.96. The molecule has 25 heavy (non-hydrogen) atoms. The molecule has 0 saturated heterocycles. The number of ether oxygens (including phenoxy) is 1. The Kier molecular flexibility index (Phi) is 5.18. The fourth-order valence-electron chi connectivity index (χ4n) is 2.59. The van der Waals surface area contributed by atoms with E-state index < -0.39 is 0 Å². The summed E-state index contributed by atoms with van der Waals surface area (Å²) < 4.78 is 5.56. The molecule has 1 aliphatic rings. The topological polar surface area (TPSA) is 79.5 Å². The molecule has 0 saturated carbocycles. The molecule has 0 spiro atoms. The Labute approximate surface area is 146 Å². The van der Waals surface area contributed by atoms with E-state index in [0.717, 1.165) is 23.4 Å². The third-order valence-electron chi connectivity index (χ3n) is 3.94. The highest BCUT2D eigenvalue weighted by Gasteiger charge is 2.15. The van der Waals surface area contributed by atoms with E-state index in [0.29, 0.717) is 25.3 Å². The van der Waals surface area contributed by atoms with Gasteiger partial charge in [0.05, 0.1) is 6.54 Å². The molecule has 130 valence electrons. The normalized spacial score (nSPS) is 12.8. The van der Waals surface area contributed by atoms with Gasteiger partial charge in [0.25, 0.3) is 0 Å². The maximum Gasteiger partial charge on any atom is 0.319 e. The van der Waals surface area contributed by atoms with E-state index in [1.165, 1.54) is 5.56 Å². The van der Waals surface area contributed by atoms with Crippen molar-refractivity contribution in [3.05, 3.63) is 53.6 Å². The Morgan fingerprint density at radius 1 is 1.16 bits per heavy atom. The van der Waals surface area contributed by atoms with Crippen LogP contribution in [-0.4, -0.2) is 25.1 Å². The largest absolute Gasteiger partial charge is 0.492 e. The van der Waals surface area contributed by atoms with Gasteiger partial charge >= 0.3 is 6.03 Å². The fraction of sp³-hybridized carbons (Fsp3) is 0.263. The Morgan fingerprint density at radius 2 is 1.96 bits per heavy atom. The minimum atomic E-state index is -0.311. The molecule has 0 atom stereocenters. The number of aryl methyl sites for hydroxylation is 2. The van der Waals surface area contributed by atoms with Gasteiger partial charge in [0.2, 0.25) is 5.91 Å². The lowest BCUT2D eigenvalue weighted by molar-refractivity contribution is -0.116. The summed E-state index contributed by atoms with van der Waals surface area (Å²) in [5.41, 5.74) is 3.65. The van der Waals surface area contributed by atoms with E-state index in [4.69, 9.17) is 4.74 Å². The molecule has 0 radical (unpaired) electrons. The van der Waals surface area contributed by atoms with E-state index in [-0.39, 0.29) is 11.9 Å². The first-order chi connectivity index (χ1) is 12.1. The number of hydrogen-bond donors (Lipinski definition) is 3. The number of nitrogens with one attached hydrogen (secondary N) is 3. The quantitative estimate of drug-likeness (QED) is 0.733. The molecule has 1 aliphatic heterocycles. The lowest BCUT2D eigenvalue weighted by Crippen LogP contribution is -2.32. The van der Waals surface area contributed by atoms with Gasteiger partial charge in [0, 0.05) is 17.8 Å². The van der Waals surface area contributed by atoms with E-state index >= 15 is 0 Å². The highest BCUT2D eigenvalue weighted by Crippen LogP contribution is 2.25. The number of benzene rings is 2. The van der Waals surface area contributed by atoms with E-state index in [1.54, 1.807) is 6.07 Å². The zero-order valence-electron chi connectivity index (χ0n) is 14.1. The number of urea groups is 1. The third-order valence-corrected chi connectivity index (χ3v) is 3.94. The first-order valence-corrected chi connectivity index (χ1v) is 8.27. The van der Waals surface area contributed by atoms with Crippen molar-refractivity contribution in [3.8, 4) is 5.75 Å². The van der Waals surface area contributed by atoms with Crippen molar-refractivity contribution in [3.63, 3.8) is 0 Å². The number of rotatable bonds is 5. The summed E-state index contributed by atoms with van der Waals surface area (Å²) in [7, 11) is 0. The summed E-state index contributed by atoms with van der Waals surface area (Å²) in [6, 6.07) is 13.0. The Bertz CT molecular complexity index is 772. The Hall–Kier alpha value is -3.02. The molecule has 3 N–H and O–H groups in total. The van der Waals surface area contributed by atoms with Crippen LogP contribution in [0.25, 0.3) is 0 Å². The van der Waals surface area contributed by atoms with Gasteiger partial charge in [-0.3, -0.25) is 4.79 Å². The van der Waals surface area contributed by atoms with Crippen molar-refractivity contribution in [2.75, 3.05) is 23.8 Å². The van der Waals surface area contributed by atoms with Crippen molar-refractivity contribution < 1.29 is 14.3 Å². The molecule has 6 heteroatoms. The summed E-state index contributed by atoms with van der Waals surface area (Å²) in [4.78, 5) is 23.4. The first-order valence-electron chi connectivity index (χ1n) is 8.27. The van der Waals surface area contributed by atoms with Crippen LogP contribution in [0.5, 0.6) is 5.75 Å². The molecule has 2 aromatic carbocycles. The van der Waals surface area contributed by atoms with Crippen LogP contribution >= 0.6 is 0 Å². The smallest absolute Gasteiger partial charge is 0.319 e. The highest BCUT2D eigenvalue weighted by atomic mass is 16.5. The maximum absolute atomic E-state index is 11.9. The summed E-state index contributed by atoms with van der Waals surface area (Å²) in [6.45, 7) is 2.79. The van der Waals surface area contributed by atoms with Crippen LogP contribution in [0.1, 0.15) is 17.5 Å². The molecule has 0 unspecified atom stereocenters. The average Bonchev–Trinajstić information content (AvgIpc) is 2.60. The number of carbonyl (C=O) groups is 2. The summed E-state index contributed by atoms with van der Waals surface area (Å²) in [5, 5.41) is 8.31. The van der Waals surface area contributed by atoms with Gasteiger partial charge in [-0.15, -0.1) is 0 Å². The minimum absolute atomic E-state index is 0.00218. The molecule has 0 aromatic heterocycles. The van der Waals surface area contributed by atoms with Gasteiger partial charge in [-0.1, -0.05) is 23.8 Å².